The van der Waals surface area contributed by atoms with Crippen LogP contribution < -0.4 is 11.1 Å². The van der Waals surface area contributed by atoms with Crippen molar-refractivity contribution in [3.05, 3.63) is 70.1 Å². The van der Waals surface area contributed by atoms with Gasteiger partial charge in [0, 0.05) is 21.1 Å². The van der Waals surface area contributed by atoms with Crippen LogP contribution in [0.1, 0.15) is 19.4 Å². The number of nitrogens with two attached hydrogens (primary N) is 1. The van der Waals surface area contributed by atoms with Gasteiger partial charge in [0.15, 0.2) is 17.5 Å². The summed E-state index contributed by atoms with van der Waals surface area (Å²) in [6.45, 7) is 3.50. The van der Waals surface area contributed by atoms with Gasteiger partial charge in [-0.05, 0) is 30.3 Å². The van der Waals surface area contributed by atoms with Gasteiger partial charge < -0.3 is 31.1 Å². The molecule has 0 spiro atoms. The van der Waals surface area contributed by atoms with Gasteiger partial charge in [0.1, 0.15) is 23.7 Å². The summed E-state index contributed by atoms with van der Waals surface area (Å²) < 4.78 is 46.5. The van der Waals surface area contributed by atoms with E-state index >= 15 is 0 Å². The molecule has 1 heterocycles. The summed E-state index contributed by atoms with van der Waals surface area (Å²) in [6, 6.07) is 7.70. The van der Waals surface area contributed by atoms with Gasteiger partial charge in [-0.15, -0.1) is 0 Å². The Bertz CT molecular complexity index is 946. The molecule has 0 radical (unpaired) electrons. The third-order valence-electron chi connectivity index (χ3n) is 4.68. The van der Waals surface area contributed by atoms with E-state index in [1.54, 1.807) is 6.07 Å². The average molecular weight is 551 g/mol. The van der Waals surface area contributed by atoms with Crippen molar-refractivity contribution in [2.24, 2.45) is 5.73 Å². The van der Waals surface area contributed by atoms with Crippen LogP contribution in [-0.4, -0.2) is 51.7 Å². The first-order chi connectivity index (χ1) is 15.7. The van der Waals surface area contributed by atoms with Crippen molar-refractivity contribution >= 4 is 33.4 Å². The first-order valence-electron chi connectivity index (χ1n) is 10.1. The van der Waals surface area contributed by atoms with E-state index in [4.69, 9.17) is 10.5 Å². The van der Waals surface area contributed by atoms with Crippen LogP contribution in [0, 0.1) is 17.5 Å². The van der Waals surface area contributed by atoms with E-state index in [0.717, 1.165) is 27.7 Å². The maximum atomic E-state index is 13.5. The maximum absolute atomic E-state index is 13.5. The topological polar surface area (TPSA) is 108 Å². The molecular formula is C22H26BrF3N2O4S. The summed E-state index contributed by atoms with van der Waals surface area (Å²) in [6.07, 6.45) is -2.41. The number of nitrogens with one attached hydrogen (secondary N) is 1. The van der Waals surface area contributed by atoms with Crippen LogP contribution in [0.4, 0.5) is 13.2 Å². The van der Waals surface area contributed by atoms with Crippen LogP contribution in [0.3, 0.4) is 0 Å². The van der Waals surface area contributed by atoms with Gasteiger partial charge in [0.25, 0.3) is 0 Å². The van der Waals surface area contributed by atoms with Crippen molar-refractivity contribution in [3.63, 3.8) is 0 Å². The molecule has 0 aromatic heterocycles. The van der Waals surface area contributed by atoms with Crippen molar-refractivity contribution in [1.29, 1.82) is 0 Å². The number of hydrogen-bond donors (Lipinski definition) is 5. The normalized spacial score (nSPS) is 25.2. The third-order valence-corrected chi connectivity index (χ3v) is 6.32. The molecule has 1 aliphatic rings. The first kappa shape index (κ1) is 27.5. The summed E-state index contributed by atoms with van der Waals surface area (Å²) in [4.78, 5) is 0.776. The van der Waals surface area contributed by atoms with Gasteiger partial charge >= 0.3 is 0 Å². The Hall–Kier alpha value is -1.76. The molecule has 1 aliphatic heterocycles. The second kappa shape index (κ2) is 12.6. The van der Waals surface area contributed by atoms with Crippen molar-refractivity contribution in [2.75, 3.05) is 6.61 Å². The number of ether oxygens (including phenoxy) is 1. The smallest absolute Gasteiger partial charge is 0.194 e. The highest BCUT2D eigenvalue weighted by Gasteiger charge is 2.44. The van der Waals surface area contributed by atoms with Crippen LogP contribution in [0.25, 0.3) is 5.70 Å². The van der Waals surface area contributed by atoms with Gasteiger partial charge in [-0.1, -0.05) is 47.6 Å². The highest BCUT2D eigenvalue weighted by atomic mass is 79.9. The van der Waals surface area contributed by atoms with Gasteiger partial charge in [-0.3, -0.25) is 0 Å². The molecule has 0 saturated carbocycles. The molecule has 0 amide bonds. The number of aliphatic hydroxyl groups excluding tert-OH is 3. The van der Waals surface area contributed by atoms with E-state index in [0.29, 0.717) is 0 Å². The van der Waals surface area contributed by atoms with E-state index in [9.17, 15) is 28.5 Å². The van der Waals surface area contributed by atoms with Gasteiger partial charge in [-0.2, -0.15) is 0 Å². The molecule has 182 valence electrons. The molecule has 1 saturated heterocycles. The minimum atomic E-state index is -1.61. The Morgan fingerprint density at radius 2 is 1.79 bits per heavy atom. The lowest BCUT2D eigenvalue weighted by Crippen LogP contribution is -2.62. The first-order valence-corrected chi connectivity index (χ1v) is 11.8. The molecule has 1 fully saturated rings. The van der Waals surface area contributed by atoms with Crippen molar-refractivity contribution in [3.8, 4) is 0 Å². The predicted molar refractivity (Wildman–Crippen MR) is 125 cm³/mol. The summed E-state index contributed by atoms with van der Waals surface area (Å²) in [5, 5.41) is 33.5. The Balaban J connectivity index is 0.00000187. The van der Waals surface area contributed by atoms with Crippen LogP contribution in [0.5, 0.6) is 0 Å². The Morgan fingerprint density at radius 3 is 2.36 bits per heavy atom. The molecule has 11 heteroatoms. The summed E-state index contributed by atoms with van der Waals surface area (Å²) >= 11 is 4.55. The fourth-order valence-corrected chi connectivity index (χ4v) is 4.73. The fraction of sp³-hybridized carbons (Fsp3) is 0.364. The molecule has 5 unspecified atom stereocenters. The third kappa shape index (κ3) is 6.87. The van der Waals surface area contributed by atoms with Crippen LogP contribution in [0.15, 0.2) is 52.0 Å². The minimum absolute atomic E-state index is 0.126. The molecule has 6 nitrogen and oxygen atoms in total. The second-order valence-corrected chi connectivity index (χ2v) is 8.92. The van der Waals surface area contributed by atoms with Crippen molar-refractivity contribution < 1.29 is 33.2 Å². The lowest BCUT2D eigenvalue weighted by molar-refractivity contribution is -0.164. The highest BCUT2D eigenvalue weighted by Crippen LogP contribution is 2.34. The molecule has 33 heavy (non-hydrogen) atoms. The predicted octanol–water partition coefficient (Wildman–Crippen LogP) is 3.34. The van der Waals surface area contributed by atoms with Crippen LogP contribution >= 0.6 is 27.7 Å². The quantitative estimate of drug-likeness (QED) is 0.351. The average Bonchev–Trinajstić information content (AvgIpc) is 2.80. The zero-order chi connectivity index (χ0) is 24.7. The highest BCUT2D eigenvalue weighted by molar-refractivity contribution is 9.10. The van der Waals surface area contributed by atoms with Gasteiger partial charge in [0.05, 0.1) is 18.3 Å². The molecule has 6 N–H and O–H groups in total. The number of aliphatic hydroxyl groups is 3. The number of hydrogen-bond acceptors (Lipinski definition) is 7. The lowest BCUT2D eigenvalue weighted by Gasteiger charge is -2.42. The number of rotatable bonds is 6. The number of thioether (sulfide) groups is 1. The van der Waals surface area contributed by atoms with E-state index in [2.05, 4.69) is 21.2 Å². The van der Waals surface area contributed by atoms with E-state index in [-0.39, 0.29) is 11.3 Å². The van der Waals surface area contributed by atoms with Gasteiger partial charge in [-0.25, -0.2) is 13.2 Å². The molecule has 0 bridgehead atoms. The van der Waals surface area contributed by atoms with E-state index < -0.39 is 53.8 Å². The lowest BCUT2D eigenvalue weighted by atomic mass is 9.97. The summed E-state index contributed by atoms with van der Waals surface area (Å²) in [5.41, 5.74) is 4.70. The zero-order valence-electron chi connectivity index (χ0n) is 17.9. The molecule has 5 atom stereocenters. The van der Waals surface area contributed by atoms with Gasteiger partial charge in [0.2, 0.25) is 0 Å². The van der Waals surface area contributed by atoms with Crippen LogP contribution in [0.2, 0.25) is 0 Å². The Kier molecular flexibility index (Phi) is 10.5. The Labute approximate surface area is 202 Å². The molecule has 0 aliphatic carbocycles. The molecular weight excluding hydrogens is 525 g/mol. The van der Waals surface area contributed by atoms with Crippen molar-refractivity contribution in [1.82, 2.24) is 5.32 Å². The minimum Gasteiger partial charge on any atom is -0.397 e. The number of benzene rings is 2. The molecule has 2 aromatic carbocycles. The van der Waals surface area contributed by atoms with E-state index in [1.165, 1.54) is 11.8 Å². The SMILES string of the molecule is CC.N/C(=C\NC1C(O)C(CO)OC(Sc2cccc(Br)c2)C1O)c1cc(F)c(F)c(F)c1. The Morgan fingerprint density at radius 1 is 1.15 bits per heavy atom. The second-order valence-electron chi connectivity index (χ2n) is 6.83. The summed E-state index contributed by atoms with van der Waals surface area (Å²) in [5.74, 6) is -4.41. The number of halogens is 4. The van der Waals surface area contributed by atoms with Crippen LogP contribution in [-0.2, 0) is 4.74 Å². The maximum Gasteiger partial charge on any atom is 0.194 e. The largest absolute Gasteiger partial charge is 0.397 e. The zero-order valence-corrected chi connectivity index (χ0v) is 20.3. The molecule has 3 rings (SSSR count). The van der Waals surface area contributed by atoms with E-state index in [1.807, 2.05) is 32.0 Å². The monoisotopic (exact) mass is 550 g/mol. The fourth-order valence-electron chi connectivity index (χ4n) is 3.05. The standard InChI is InChI=1S/C20H20BrF3N2O4S.C2H6/c21-10-2-1-3-11(6-10)31-20-19(29)17(18(28)15(8-27)30-20)26-7-14(25)9-4-12(22)16(24)13(23)5-9;1-2/h1-7,15,17-20,26-29H,8,25H2;1-2H3/b14-7-;. The summed E-state index contributed by atoms with van der Waals surface area (Å²) in [7, 11) is 0. The molecule has 2 aromatic rings. The van der Waals surface area contributed by atoms with Crippen molar-refractivity contribution in [2.45, 2.75) is 48.5 Å².